The van der Waals surface area contributed by atoms with Gasteiger partial charge in [0.25, 0.3) is 11.5 Å². The predicted molar refractivity (Wildman–Crippen MR) is 94.4 cm³/mol. The number of carbonyl (C=O) groups excluding carboxylic acids is 1. The molecule has 3 aromatic rings. The van der Waals surface area contributed by atoms with Crippen LogP contribution in [0.15, 0.2) is 45.4 Å². The minimum atomic E-state index is -4.37. The lowest BCUT2D eigenvalue weighted by Gasteiger charge is -2.17. The lowest BCUT2D eigenvalue weighted by Crippen LogP contribution is -2.28. The number of thiophene rings is 1. The van der Waals surface area contributed by atoms with Gasteiger partial charge in [0, 0.05) is 17.5 Å². The molecule has 2 heterocycles. The van der Waals surface area contributed by atoms with Gasteiger partial charge in [0.15, 0.2) is 0 Å². The number of rotatable bonds is 4. The maximum Gasteiger partial charge on any atom is 0.446 e. The molecule has 0 aliphatic heterocycles. The van der Waals surface area contributed by atoms with Crippen LogP contribution < -0.4 is 5.56 Å². The highest BCUT2D eigenvalue weighted by atomic mass is 32.2. The van der Waals surface area contributed by atoms with Gasteiger partial charge in [-0.25, -0.2) is 4.98 Å². The second-order valence-corrected chi connectivity index (χ2v) is 7.44. The van der Waals surface area contributed by atoms with Gasteiger partial charge in [-0.3, -0.25) is 9.59 Å². The van der Waals surface area contributed by atoms with E-state index in [1.807, 2.05) is 0 Å². The number of aromatic nitrogens is 2. The van der Waals surface area contributed by atoms with Crippen LogP contribution in [0, 0.1) is 0 Å². The minimum Gasteiger partial charge on any atom is -0.334 e. The summed E-state index contributed by atoms with van der Waals surface area (Å²) in [6, 6.07) is 6.89. The minimum absolute atomic E-state index is 0.00519. The average molecular weight is 399 g/mol. The number of nitrogens with zero attached hydrogens (tertiary/aromatic N) is 2. The molecule has 0 aliphatic carbocycles. The summed E-state index contributed by atoms with van der Waals surface area (Å²) in [6.45, 7) is 0.0684. The lowest BCUT2D eigenvalue weighted by atomic mass is 10.2. The second-order valence-electron chi connectivity index (χ2n) is 5.38. The van der Waals surface area contributed by atoms with Crippen LogP contribution in [0.3, 0.4) is 0 Å². The van der Waals surface area contributed by atoms with Gasteiger partial charge >= 0.3 is 5.51 Å². The molecule has 0 saturated carbocycles. The molecule has 0 aliphatic rings. The fourth-order valence-electron chi connectivity index (χ4n) is 2.31. The Morgan fingerprint density at radius 2 is 1.96 bits per heavy atom. The third-order valence-electron chi connectivity index (χ3n) is 3.43. The van der Waals surface area contributed by atoms with E-state index in [0.717, 1.165) is 0 Å². The molecule has 2 aromatic heterocycles. The first-order valence-corrected chi connectivity index (χ1v) is 9.00. The van der Waals surface area contributed by atoms with Crippen molar-refractivity contribution in [1.29, 1.82) is 0 Å². The topological polar surface area (TPSA) is 66.1 Å². The van der Waals surface area contributed by atoms with Crippen molar-refractivity contribution in [3.63, 3.8) is 0 Å². The zero-order valence-electron chi connectivity index (χ0n) is 13.3. The van der Waals surface area contributed by atoms with Crippen molar-refractivity contribution in [2.75, 3.05) is 7.05 Å². The summed E-state index contributed by atoms with van der Waals surface area (Å²) >= 11 is 1.04. The van der Waals surface area contributed by atoms with Crippen LogP contribution in [0.2, 0.25) is 0 Å². The summed E-state index contributed by atoms with van der Waals surface area (Å²) in [5, 5.41) is 1.76. The van der Waals surface area contributed by atoms with Crippen molar-refractivity contribution in [1.82, 2.24) is 14.9 Å². The molecular weight excluding hydrogens is 387 g/mol. The number of thioether (sulfide) groups is 1. The first kappa shape index (κ1) is 18.5. The van der Waals surface area contributed by atoms with Crippen LogP contribution in [0.5, 0.6) is 0 Å². The second kappa shape index (κ2) is 7.12. The van der Waals surface area contributed by atoms with Gasteiger partial charge in [-0.05, 0) is 47.5 Å². The maximum absolute atomic E-state index is 12.4. The summed E-state index contributed by atoms with van der Waals surface area (Å²) < 4.78 is 37.5. The summed E-state index contributed by atoms with van der Waals surface area (Å²) in [4.78, 5) is 32.6. The van der Waals surface area contributed by atoms with Crippen LogP contribution in [0.4, 0.5) is 13.2 Å². The fraction of sp³-hybridized carbons (Fsp3) is 0.188. The molecule has 26 heavy (non-hydrogen) atoms. The van der Waals surface area contributed by atoms with Crippen LogP contribution in [0.25, 0.3) is 10.2 Å². The molecule has 5 nitrogen and oxygen atoms in total. The van der Waals surface area contributed by atoms with E-state index in [2.05, 4.69) is 9.97 Å². The number of fused-ring (bicyclic) bond motifs is 1. The molecule has 0 fully saturated rings. The Morgan fingerprint density at radius 3 is 2.62 bits per heavy atom. The third-order valence-corrected chi connectivity index (χ3v) is 5.07. The zero-order chi connectivity index (χ0) is 18.9. The van der Waals surface area contributed by atoms with E-state index >= 15 is 0 Å². The number of amides is 1. The molecule has 136 valence electrons. The first-order chi connectivity index (χ1) is 12.2. The maximum atomic E-state index is 12.4. The van der Waals surface area contributed by atoms with Gasteiger partial charge in [-0.2, -0.15) is 13.2 Å². The smallest absolute Gasteiger partial charge is 0.334 e. The summed E-state index contributed by atoms with van der Waals surface area (Å²) in [5.41, 5.74) is -3.84. The summed E-state index contributed by atoms with van der Waals surface area (Å²) in [7, 11) is 1.53. The molecular formula is C16H12F3N3O2S2. The number of hydrogen-bond donors (Lipinski definition) is 1. The Hall–Kier alpha value is -2.33. The van der Waals surface area contributed by atoms with Crippen LogP contribution in [-0.2, 0) is 6.54 Å². The molecule has 0 radical (unpaired) electrons. The number of H-pyrrole nitrogens is 1. The highest BCUT2D eigenvalue weighted by Gasteiger charge is 2.29. The molecule has 0 unspecified atom stereocenters. The Bertz CT molecular complexity index is 996. The van der Waals surface area contributed by atoms with Crippen molar-refractivity contribution < 1.29 is 18.0 Å². The standard InChI is InChI=1S/C16H12F3N3O2S2/c1-22(8-12-20-11-6-7-25-13(11)14(23)21-12)15(24)9-2-4-10(5-3-9)26-16(17,18)19/h2-7H,8H2,1H3,(H,20,21,23). The van der Waals surface area contributed by atoms with E-state index in [1.54, 1.807) is 11.4 Å². The molecule has 1 aromatic carbocycles. The third kappa shape index (κ3) is 4.25. The number of hydrogen-bond acceptors (Lipinski definition) is 5. The Morgan fingerprint density at radius 1 is 1.27 bits per heavy atom. The number of alkyl halides is 3. The first-order valence-electron chi connectivity index (χ1n) is 7.30. The SMILES string of the molecule is CN(Cc1nc2ccsc2c(=O)[nH]1)C(=O)c1ccc(SC(F)(F)F)cc1. The van der Waals surface area contributed by atoms with Gasteiger partial charge in [0.1, 0.15) is 10.5 Å². The average Bonchev–Trinajstić information content (AvgIpc) is 3.02. The number of benzene rings is 1. The number of aromatic amines is 1. The Labute approximate surface area is 153 Å². The van der Waals surface area contributed by atoms with Crippen molar-refractivity contribution in [3.05, 3.63) is 57.5 Å². The van der Waals surface area contributed by atoms with Gasteiger partial charge in [-0.15, -0.1) is 11.3 Å². The quantitative estimate of drug-likeness (QED) is 0.677. The van der Waals surface area contributed by atoms with E-state index in [1.165, 1.54) is 47.5 Å². The van der Waals surface area contributed by atoms with E-state index in [4.69, 9.17) is 0 Å². The molecule has 3 rings (SSSR count). The van der Waals surface area contributed by atoms with E-state index in [0.29, 0.717) is 16.0 Å². The molecule has 1 N–H and O–H groups in total. The molecule has 0 spiro atoms. The van der Waals surface area contributed by atoms with Crippen molar-refractivity contribution in [2.45, 2.75) is 16.9 Å². The number of nitrogens with one attached hydrogen (secondary N) is 1. The molecule has 10 heteroatoms. The van der Waals surface area contributed by atoms with Crippen molar-refractivity contribution >= 4 is 39.2 Å². The zero-order valence-corrected chi connectivity index (χ0v) is 15.0. The van der Waals surface area contributed by atoms with Crippen LogP contribution in [-0.4, -0.2) is 33.3 Å². The Balaban J connectivity index is 1.73. The fourth-order valence-corrected chi connectivity index (χ4v) is 3.58. The highest BCUT2D eigenvalue weighted by molar-refractivity contribution is 8.00. The van der Waals surface area contributed by atoms with E-state index in [-0.39, 0.29) is 40.2 Å². The molecule has 1 amide bonds. The summed E-state index contributed by atoms with van der Waals surface area (Å²) in [6.07, 6.45) is 0. The largest absolute Gasteiger partial charge is 0.446 e. The summed E-state index contributed by atoms with van der Waals surface area (Å²) in [5.74, 6) is -0.0531. The lowest BCUT2D eigenvalue weighted by molar-refractivity contribution is -0.0328. The van der Waals surface area contributed by atoms with Crippen LogP contribution in [0.1, 0.15) is 16.2 Å². The van der Waals surface area contributed by atoms with Crippen molar-refractivity contribution in [3.8, 4) is 0 Å². The van der Waals surface area contributed by atoms with Gasteiger partial charge < -0.3 is 9.88 Å². The van der Waals surface area contributed by atoms with Gasteiger partial charge in [0.2, 0.25) is 0 Å². The normalized spacial score (nSPS) is 11.7. The Kier molecular flexibility index (Phi) is 5.05. The van der Waals surface area contributed by atoms with Gasteiger partial charge in [-0.1, -0.05) is 0 Å². The van der Waals surface area contributed by atoms with Crippen LogP contribution >= 0.6 is 23.1 Å². The highest BCUT2D eigenvalue weighted by Crippen LogP contribution is 2.36. The van der Waals surface area contributed by atoms with E-state index < -0.39 is 5.51 Å². The number of carbonyl (C=O) groups is 1. The monoisotopic (exact) mass is 399 g/mol. The predicted octanol–water partition coefficient (Wildman–Crippen LogP) is 3.87. The molecule has 0 saturated heterocycles. The molecule has 0 bridgehead atoms. The van der Waals surface area contributed by atoms with Crippen molar-refractivity contribution in [2.24, 2.45) is 0 Å². The van der Waals surface area contributed by atoms with Gasteiger partial charge in [0.05, 0.1) is 12.1 Å². The molecule has 0 atom stereocenters. The van der Waals surface area contributed by atoms with E-state index in [9.17, 15) is 22.8 Å². The number of halogens is 3.